The van der Waals surface area contributed by atoms with Crippen LogP contribution in [0.4, 0.5) is 0 Å². The summed E-state index contributed by atoms with van der Waals surface area (Å²) in [5, 5.41) is 6.89. The molecule has 5 heteroatoms. The second-order valence-electron chi connectivity index (χ2n) is 14.6. The monoisotopic (exact) mass is 716 g/mol. The van der Waals surface area contributed by atoms with Gasteiger partial charge in [-0.2, -0.15) is 0 Å². The maximum absolute atomic E-state index is 6.93. The summed E-state index contributed by atoms with van der Waals surface area (Å²) in [6.07, 6.45) is 0. The number of rotatable bonds is 4. The van der Waals surface area contributed by atoms with Gasteiger partial charge in [-0.1, -0.05) is 121 Å². The molecule has 0 radical (unpaired) electrons. The van der Waals surface area contributed by atoms with Gasteiger partial charge in [-0.15, -0.1) is 0 Å². The molecular formula is C51H32N4O. The number of fused-ring (bicyclic) bond motifs is 13. The highest BCUT2D eigenvalue weighted by Gasteiger charge is 2.28. The van der Waals surface area contributed by atoms with E-state index in [0.29, 0.717) is 0 Å². The number of nitrogens with zero attached hydrogens (tertiary/aromatic N) is 4. The summed E-state index contributed by atoms with van der Waals surface area (Å²) >= 11 is 0. The quantitative estimate of drug-likeness (QED) is 0.182. The van der Waals surface area contributed by atoms with Crippen LogP contribution in [0.1, 0.15) is 5.56 Å². The molecule has 0 bridgehead atoms. The highest BCUT2D eigenvalue weighted by Crippen LogP contribution is 2.49. The Morgan fingerprint density at radius 1 is 0.446 bits per heavy atom. The molecule has 5 nitrogen and oxygen atoms in total. The summed E-state index contributed by atoms with van der Waals surface area (Å²) in [5.74, 6) is 0. The van der Waals surface area contributed by atoms with E-state index < -0.39 is 0 Å². The molecule has 0 atom stereocenters. The van der Waals surface area contributed by atoms with Crippen molar-refractivity contribution >= 4 is 76.6 Å². The Morgan fingerprint density at radius 3 is 1.71 bits per heavy atom. The SMILES string of the molecule is Cc1cc(-c2nc3ccccc3nc2-c2ccccc2)ccc1-n1c2ccccc2c2c3c4ccccc4oc3c3c4ccccc4n(-c4ccccc4)c3c21. The molecule has 4 heterocycles. The van der Waals surface area contributed by atoms with E-state index in [9.17, 15) is 0 Å². The summed E-state index contributed by atoms with van der Waals surface area (Å²) in [4.78, 5) is 10.4. The molecule has 0 saturated carbocycles. The summed E-state index contributed by atoms with van der Waals surface area (Å²) in [6, 6.07) is 61.9. The molecule has 12 aromatic rings. The molecule has 0 fully saturated rings. The average Bonchev–Trinajstić information content (AvgIpc) is 3.92. The fourth-order valence-corrected chi connectivity index (χ4v) is 9.03. The Bertz CT molecular complexity index is 3540. The minimum Gasteiger partial charge on any atom is -0.455 e. The van der Waals surface area contributed by atoms with E-state index in [-0.39, 0.29) is 0 Å². The Morgan fingerprint density at radius 2 is 1.00 bits per heavy atom. The van der Waals surface area contributed by atoms with Gasteiger partial charge in [0.15, 0.2) is 0 Å². The first-order valence-corrected chi connectivity index (χ1v) is 19.0. The van der Waals surface area contributed by atoms with E-state index in [1.165, 1.54) is 10.8 Å². The van der Waals surface area contributed by atoms with Gasteiger partial charge in [0.25, 0.3) is 0 Å². The third-order valence-electron chi connectivity index (χ3n) is 11.4. The van der Waals surface area contributed by atoms with Gasteiger partial charge < -0.3 is 13.6 Å². The van der Waals surface area contributed by atoms with Crippen molar-refractivity contribution in [1.29, 1.82) is 0 Å². The molecule has 0 spiro atoms. The lowest BCUT2D eigenvalue weighted by Gasteiger charge is -2.16. The minimum absolute atomic E-state index is 0.866. The maximum Gasteiger partial charge on any atom is 0.146 e. The average molecular weight is 717 g/mol. The van der Waals surface area contributed by atoms with Crippen molar-refractivity contribution in [1.82, 2.24) is 19.1 Å². The van der Waals surface area contributed by atoms with Gasteiger partial charge in [0, 0.05) is 49.4 Å². The van der Waals surface area contributed by atoms with Crippen LogP contribution in [0.2, 0.25) is 0 Å². The van der Waals surface area contributed by atoms with E-state index in [4.69, 9.17) is 14.4 Å². The number of aryl methyl sites for hydroxylation is 1. The van der Waals surface area contributed by atoms with Crippen LogP contribution in [-0.2, 0) is 0 Å². The van der Waals surface area contributed by atoms with Crippen molar-refractivity contribution in [2.45, 2.75) is 6.92 Å². The molecule has 56 heavy (non-hydrogen) atoms. The van der Waals surface area contributed by atoms with Crippen molar-refractivity contribution in [3.05, 3.63) is 181 Å². The van der Waals surface area contributed by atoms with Crippen LogP contribution in [0.3, 0.4) is 0 Å². The topological polar surface area (TPSA) is 48.8 Å². The fraction of sp³-hybridized carbons (Fsp3) is 0.0196. The van der Waals surface area contributed by atoms with Gasteiger partial charge in [-0.3, -0.25) is 0 Å². The van der Waals surface area contributed by atoms with Crippen LogP contribution in [0, 0.1) is 6.92 Å². The summed E-state index contributed by atoms with van der Waals surface area (Å²) < 4.78 is 11.8. The smallest absolute Gasteiger partial charge is 0.146 e. The van der Waals surface area contributed by atoms with Crippen LogP contribution in [0.5, 0.6) is 0 Å². The molecule has 12 rings (SSSR count). The third kappa shape index (κ3) is 4.31. The van der Waals surface area contributed by atoms with E-state index in [0.717, 1.165) is 105 Å². The zero-order chi connectivity index (χ0) is 36.9. The van der Waals surface area contributed by atoms with Crippen LogP contribution in [0.25, 0.3) is 110 Å². The van der Waals surface area contributed by atoms with Crippen LogP contribution >= 0.6 is 0 Å². The highest BCUT2D eigenvalue weighted by atomic mass is 16.3. The van der Waals surface area contributed by atoms with Crippen LogP contribution in [-0.4, -0.2) is 19.1 Å². The Balaban J connectivity index is 1.23. The Hall–Kier alpha value is -7.50. The van der Waals surface area contributed by atoms with Crippen molar-refractivity contribution < 1.29 is 4.42 Å². The minimum atomic E-state index is 0.866. The predicted octanol–water partition coefficient (Wildman–Crippen LogP) is 13.4. The molecule has 0 amide bonds. The Labute approximate surface area is 321 Å². The molecule has 262 valence electrons. The third-order valence-corrected chi connectivity index (χ3v) is 11.4. The lowest BCUT2D eigenvalue weighted by molar-refractivity contribution is 0.673. The second-order valence-corrected chi connectivity index (χ2v) is 14.6. The molecule has 0 aliphatic rings. The summed E-state index contributed by atoms with van der Waals surface area (Å²) in [7, 11) is 0. The maximum atomic E-state index is 6.93. The largest absolute Gasteiger partial charge is 0.455 e. The number of hydrogen-bond acceptors (Lipinski definition) is 3. The zero-order valence-electron chi connectivity index (χ0n) is 30.4. The van der Waals surface area contributed by atoms with Crippen molar-refractivity contribution in [2.75, 3.05) is 0 Å². The van der Waals surface area contributed by atoms with E-state index in [1.54, 1.807) is 0 Å². The molecule has 0 aliphatic heterocycles. The number of hydrogen-bond donors (Lipinski definition) is 0. The number of aromatic nitrogens is 4. The summed E-state index contributed by atoms with van der Waals surface area (Å²) in [6.45, 7) is 2.21. The lowest BCUT2D eigenvalue weighted by Crippen LogP contribution is -2.01. The van der Waals surface area contributed by atoms with E-state index in [1.807, 2.05) is 30.3 Å². The predicted molar refractivity (Wildman–Crippen MR) is 231 cm³/mol. The summed E-state index contributed by atoms with van der Waals surface area (Å²) in [5.41, 5.74) is 15.2. The van der Waals surface area contributed by atoms with Gasteiger partial charge in [0.05, 0.1) is 49.9 Å². The van der Waals surface area contributed by atoms with Gasteiger partial charge in [0.1, 0.15) is 11.2 Å². The number of para-hydroxylation sites is 6. The first kappa shape index (κ1) is 30.9. The first-order valence-electron chi connectivity index (χ1n) is 19.0. The highest BCUT2D eigenvalue weighted by molar-refractivity contribution is 6.39. The van der Waals surface area contributed by atoms with Crippen molar-refractivity contribution in [3.63, 3.8) is 0 Å². The fourth-order valence-electron chi connectivity index (χ4n) is 9.03. The molecular weight excluding hydrogens is 685 g/mol. The standard InChI is InChI=1S/C51H32N4O/c1-31-30-33(48-47(32-16-4-2-5-17-32)52-38-23-11-12-24-39(38)53-48)28-29-40(31)55-42-26-14-8-20-35(42)44-45-37-22-10-15-27-43(37)56-51(45)46-36-21-9-13-25-41(36)54(50(46)49(44)55)34-18-6-3-7-19-34/h2-30H,1H3. The van der Waals surface area contributed by atoms with E-state index in [2.05, 4.69) is 162 Å². The molecule has 0 aliphatic carbocycles. The molecule has 0 N–H and O–H groups in total. The lowest BCUT2D eigenvalue weighted by atomic mass is 10.0. The second kappa shape index (κ2) is 11.7. The van der Waals surface area contributed by atoms with Crippen molar-refractivity contribution in [2.24, 2.45) is 0 Å². The Kier molecular flexibility index (Phi) is 6.48. The van der Waals surface area contributed by atoms with Crippen molar-refractivity contribution in [3.8, 4) is 33.9 Å². The molecule has 4 aromatic heterocycles. The first-order chi connectivity index (χ1) is 27.7. The van der Waals surface area contributed by atoms with Gasteiger partial charge in [-0.05, 0) is 67.1 Å². The molecule has 0 unspecified atom stereocenters. The normalized spacial score (nSPS) is 12.0. The number of furan rings is 1. The zero-order valence-corrected chi connectivity index (χ0v) is 30.4. The number of benzene rings is 8. The van der Waals surface area contributed by atoms with E-state index >= 15 is 0 Å². The van der Waals surface area contributed by atoms with Gasteiger partial charge in [0.2, 0.25) is 0 Å². The molecule has 0 saturated heterocycles. The van der Waals surface area contributed by atoms with Gasteiger partial charge >= 0.3 is 0 Å². The van der Waals surface area contributed by atoms with Gasteiger partial charge in [-0.25, -0.2) is 9.97 Å². The van der Waals surface area contributed by atoms with Crippen LogP contribution < -0.4 is 0 Å². The van der Waals surface area contributed by atoms with Crippen LogP contribution in [0.15, 0.2) is 180 Å². The molecule has 8 aromatic carbocycles.